The smallest absolute Gasteiger partial charge is 0.412 e. The molecule has 0 saturated carbocycles. The van der Waals surface area contributed by atoms with Crippen molar-refractivity contribution in [1.29, 1.82) is 0 Å². The molecule has 0 bridgehead atoms. The molecule has 0 aliphatic carbocycles. The number of alkyl carbamates (subject to hydrolysis) is 1. The molecular weight excluding hydrogens is 466 g/mol. The minimum Gasteiger partial charge on any atom is -0.444 e. The number of rotatable bonds is 6. The molecule has 0 spiro atoms. The van der Waals surface area contributed by atoms with Crippen LogP contribution >= 0.6 is 0 Å². The molecule has 0 radical (unpaired) electrons. The Hall–Kier alpha value is -3.17. The quantitative estimate of drug-likeness (QED) is 0.472. The van der Waals surface area contributed by atoms with Crippen molar-refractivity contribution in [3.8, 4) is 11.1 Å². The van der Waals surface area contributed by atoms with E-state index in [1.165, 1.54) is 0 Å². The highest BCUT2D eigenvalue weighted by Gasteiger charge is 2.25. The number of amides is 2. The van der Waals surface area contributed by atoms with E-state index in [0.29, 0.717) is 22.4 Å². The number of anilines is 1. The van der Waals surface area contributed by atoms with Crippen molar-refractivity contribution in [2.45, 2.75) is 71.4 Å². The van der Waals surface area contributed by atoms with Gasteiger partial charge in [-0.15, -0.1) is 0 Å². The first kappa shape index (κ1) is 28.1. The van der Waals surface area contributed by atoms with Gasteiger partial charge in [0.05, 0.1) is 4.90 Å². The maximum atomic E-state index is 13.0. The minimum absolute atomic E-state index is 0.0908. The van der Waals surface area contributed by atoms with Crippen LogP contribution in [0, 0.1) is 0 Å². The van der Waals surface area contributed by atoms with Crippen molar-refractivity contribution in [1.82, 2.24) is 10.0 Å². The normalized spacial score (nSPS) is 12.0. The molecular formula is C26H35N3O5S. The molecule has 2 aromatic rings. The Bertz CT molecular complexity index is 1210. The molecule has 0 atom stereocenters. The standard InChI is InChI=1S/C26H35N3O5S/c1-17(2)22(28-24(31)34-26(6,7)8)23(30)27-19-15-13-18(14-16-19)20-11-9-10-12-21(20)35(32,33)29-25(3,4)5/h9-16,29H,1-8H3,(H,27,30)(H,28,31). The van der Waals surface area contributed by atoms with Crippen molar-refractivity contribution < 1.29 is 22.7 Å². The Labute approximate surface area is 208 Å². The monoisotopic (exact) mass is 501 g/mol. The maximum Gasteiger partial charge on any atom is 0.412 e. The van der Waals surface area contributed by atoms with E-state index < -0.39 is 33.2 Å². The van der Waals surface area contributed by atoms with E-state index in [0.717, 1.165) is 0 Å². The Morgan fingerprint density at radius 3 is 1.94 bits per heavy atom. The van der Waals surface area contributed by atoms with Gasteiger partial charge in [-0.3, -0.25) is 10.1 Å². The van der Waals surface area contributed by atoms with Crippen LogP contribution in [0.15, 0.2) is 64.7 Å². The highest BCUT2D eigenvalue weighted by molar-refractivity contribution is 7.89. The predicted molar refractivity (Wildman–Crippen MR) is 138 cm³/mol. The van der Waals surface area contributed by atoms with Gasteiger partial charge in [0.2, 0.25) is 10.0 Å². The van der Waals surface area contributed by atoms with Crippen molar-refractivity contribution in [3.05, 3.63) is 59.8 Å². The van der Waals surface area contributed by atoms with Crippen LogP contribution < -0.4 is 15.4 Å². The Morgan fingerprint density at radius 1 is 0.857 bits per heavy atom. The highest BCUT2D eigenvalue weighted by atomic mass is 32.2. The van der Waals surface area contributed by atoms with E-state index in [1.54, 1.807) is 104 Å². The SMILES string of the molecule is CC(C)=C(NC(=O)OC(C)(C)C)C(=O)Nc1ccc(-c2ccccc2S(=O)(=O)NC(C)(C)C)cc1. The van der Waals surface area contributed by atoms with Gasteiger partial charge >= 0.3 is 6.09 Å². The van der Waals surface area contributed by atoms with E-state index in [-0.39, 0.29) is 10.6 Å². The average Bonchev–Trinajstić information content (AvgIpc) is 2.69. The lowest BCUT2D eigenvalue weighted by atomic mass is 10.1. The van der Waals surface area contributed by atoms with Crippen LogP contribution in [0.3, 0.4) is 0 Å². The number of benzene rings is 2. The van der Waals surface area contributed by atoms with E-state index in [4.69, 9.17) is 4.74 Å². The Balaban J connectivity index is 2.25. The first-order valence-electron chi connectivity index (χ1n) is 11.2. The molecule has 3 N–H and O–H groups in total. The van der Waals surface area contributed by atoms with Crippen LogP contribution in [0.1, 0.15) is 55.4 Å². The number of allylic oxidation sites excluding steroid dienone is 1. The molecule has 0 aromatic heterocycles. The van der Waals surface area contributed by atoms with Gasteiger partial charge in [0.15, 0.2) is 0 Å². The number of hydrogen-bond acceptors (Lipinski definition) is 5. The van der Waals surface area contributed by atoms with E-state index >= 15 is 0 Å². The van der Waals surface area contributed by atoms with Crippen molar-refractivity contribution >= 4 is 27.7 Å². The molecule has 8 nitrogen and oxygen atoms in total. The molecule has 2 amide bonds. The van der Waals surface area contributed by atoms with Gasteiger partial charge in [0.1, 0.15) is 11.3 Å². The molecule has 0 heterocycles. The topological polar surface area (TPSA) is 114 Å². The second-order valence-electron chi connectivity index (χ2n) is 10.4. The third kappa shape index (κ3) is 8.52. The predicted octanol–water partition coefficient (Wildman–Crippen LogP) is 5.19. The Morgan fingerprint density at radius 2 is 1.43 bits per heavy atom. The summed E-state index contributed by atoms with van der Waals surface area (Å²) in [5.74, 6) is -0.499. The fourth-order valence-electron chi connectivity index (χ4n) is 3.14. The van der Waals surface area contributed by atoms with Crippen LogP contribution in [0.4, 0.5) is 10.5 Å². The van der Waals surface area contributed by atoms with Crippen molar-refractivity contribution in [3.63, 3.8) is 0 Å². The summed E-state index contributed by atoms with van der Waals surface area (Å²) in [5, 5.41) is 5.25. The van der Waals surface area contributed by atoms with E-state index in [1.807, 2.05) is 0 Å². The lowest BCUT2D eigenvalue weighted by molar-refractivity contribution is -0.113. The molecule has 2 rings (SSSR count). The summed E-state index contributed by atoms with van der Waals surface area (Å²) in [6, 6.07) is 13.5. The third-order valence-electron chi connectivity index (χ3n) is 4.42. The second-order valence-corrected chi connectivity index (χ2v) is 12.0. The number of nitrogens with one attached hydrogen (secondary N) is 3. The summed E-state index contributed by atoms with van der Waals surface area (Å²) >= 11 is 0. The summed E-state index contributed by atoms with van der Waals surface area (Å²) in [6.45, 7) is 14.0. The summed E-state index contributed by atoms with van der Waals surface area (Å²) in [7, 11) is -3.75. The number of ether oxygens (including phenoxy) is 1. The van der Waals surface area contributed by atoms with Crippen LogP contribution in [-0.4, -0.2) is 31.6 Å². The molecule has 0 saturated heterocycles. The zero-order valence-electron chi connectivity index (χ0n) is 21.6. The van der Waals surface area contributed by atoms with Gasteiger partial charge in [-0.25, -0.2) is 17.9 Å². The highest BCUT2D eigenvalue weighted by Crippen LogP contribution is 2.29. The number of sulfonamides is 1. The molecule has 35 heavy (non-hydrogen) atoms. The molecule has 0 fully saturated rings. The van der Waals surface area contributed by atoms with Crippen molar-refractivity contribution in [2.24, 2.45) is 0 Å². The molecule has 9 heteroatoms. The average molecular weight is 502 g/mol. The number of carbonyl (C=O) groups excluding carboxylic acids is 2. The second kappa shape index (κ2) is 10.6. The van der Waals surface area contributed by atoms with Crippen LogP contribution in [-0.2, 0) is 19.6 Å². The summed E-state index contributed by atoms with van der Waals surface area (Å²) < 4.78 is 33.8. The molecule has 0 unspecified atom stereocenters. The fourth-order valence-corrected chi connectivity index (χ4v) is 4.79. The summed E-state index contributed by atoms with van der Waals surface area (Å²) in [6.07, 6.45) is -0.721. The number of hydrogen-bond donors (Lipinski definition) is 3. The molecule has 0 aliphatic rings. The van der Waals surface area contributed by atoms with Gasteiger partial charge in [-0.05, 0) is 84.7 Å². The first-order valence-corrected chi connectivity index (χ1v) is 12.7. The zero-order chi connectivity index (χ0) is 26.6. The number of carbonyl (C=O) groups is 2. The van der Waals surface area contributed by atoms with E-state index in [2.05, 4.69) is 15.4 Å². The maximum absolute atomic E-state index is 13.0. The van der Waals surface area contributed by atoms with Gasteiger partial charge in [0.25, 0.3) is 5.91 Å². The summed E-state index contributed by atoms with van der Waals surface area (Å²) in [4.78, 5) is 25.1. The Kier molecular flexibility index (Phi) is 8.52. The van der Waals surface area contributed by atoms with Gasteiger partial charge < -0.3 is 10.1 Å². The molecule has 190 valence electrons. The lowest BCUT2D eigenvalue weighted by Crippen LogP contribution is -2.40. The van der Waals surface area contributed by atoms with Crippen LogP contribution in [0.25, 0.3) is 11.1 Å². The van der Waals surface area contributed by atoms with Gasteiger partial charge in [-0.2, -0.15) is 0 Å². The lowest BCUT2D eigenvalue weighted by Gasteiger charge is -2.21. The first-order chi connectivity index (χ1) is 16.0. The van der Waals surface area contributed by atoms with Gasteiger partial charge in [0, 0.05) is 16.8 Å². The van der Waals surface area contributed by atoms with Crippen LogP contribution in [0.5, 0.6) is 0 Å². The largest absolute Gasteiger partial charge is 0.444 e. The van der Waals surface area contributed by atoms with Gasteiger partial charge in [-0.1, -0.05) is 30.3 Å². The minimum atomic E-state index is -3.75. The third-order valence-corrected chi connectivity index (χ3v) is 6.24. The molecule has 0 aliphatic heterocycles. The zero-order valence-corrected chi connectivity index (χ0v) is 22.4. The summed E-state index contributed by atoms with van der Waals surface area (Å²) in [5.41, 5.74) is 1.07. The van der Waals surface area contributed by atoms with Crippen LogP contribution in [0.2, 0.25) is 0 Å². The molecule has 2 aromatic carbocycles. The van der Waals surface area contributed by atoms with Crippen molar-refractivity contribution in [2.75, 3.05) is 5.32 Å². The fraction of sp³-hybridized carbons (Fsp3) is 0.385. The van der Waals surface area contributed by atoms with E-state index in [9.17, 15) is 18.0 Å².